The van der Waals surface area contributed by atoms with Crippen LogP contribution in [-0.4, -0.2) is 63.0 Å². The predicted molar refractivity (Wildman–Crippen MR) is 117 cm³/mol. The summed E-state index contributed by atoms with van der Waals surface area (Å²) in [7, 11) is 1.89. The summed E-state index contributed by atoms with van der Waals surface area (Å²) in [6.07, 6.45) is 14.0. The van der Waals surface area contributed by atoms with Crippen LogP contribution in [0.2, 0.25) is 0 Å². The third kappa shape index (κ3) is 7.00. The molecule has 2 saturated heterocycles. The molecular formula is C20H36IN3O2. The molecule has 0 amide bonds. The van der Waals surface area contributed by atoms with Gasteiger partial charge < -0.3 is 19.7 Å². The number of aliphatic imine (C=N–C) groups is 1. The van der Waals surface area contributed by atoms with Crippen molar-refractivity contribution in [1.82, 2.24) is 10.2 Å². The lowest BCUT2D eigenvalue weighted by molar-refractivity contribution is -0.0721. The van der Waals surface area contributed by atoms with Crippen LogP contribution in [-0.2, 0) is 9.47 Å². The van der Waals surface area contributed by atoms with E-state index in [2.05, 4.69) is 21.3 Å². The lowest BCUT2D eigenvalue weighted by Gasteiger charge is -2.35. The first-order valence-corrected chi connectivity index (χ1v) is 10.2. The van der Waals surface area contributed by atoms with Crippen LogP contribution in [0.1, 0.15) is 57.8 Å². The zero-order chi connectivity index (χ0) is 17.3. The monoisotopic (exact) mass is 477 g/mol. The number of likely N-dealkylation sites (tertiary alicyclic amines) is 1. The van der Waals surface area contributed by atoms with Gasteiger partial charge in [0.2, 0.25) is 0 Å². The Morgan fingerprint density at radius 1 is 1.27 bits per heavy atom. The Morgan fingerprint density at radius 2 is 2.12 bits per heavy atom. The number of nitrogens with one attached hydrogen (secondary N) is 1. The molecule has 0 spiro atoms. The van der Waals surface area contributed by atoms with Crippen molar-refractivity contribution in [2.45, 2.75) is 70.0 Å². The highest BCUT2D eigenvalue weighted by molar-refractivity contribution is 14.0. The lowest BCUT2D eigenvalue weighted by atomic mass is 10.1. The lowest BCUT2D eigenvalue weighted by Crippen LogP contribution is -2.47. The third-order valence-electron chi connectivity index (χ3n) is 5.61. The van der Waals surface area contributed by atoms with Crippen LogP contribution in [0.15, 0.2) is 16.6 Å². The molecule has 0 radical (unpaired) electrons. The molecule has 1 N–H and O–H groups in total. The number of rotatable bonds is 6. The molecule has 2 aliphatic heterocycles. The summed E-state index contributed by atoms with van der Waals surface area (Å²) in [5, 5.41) is 3.54. The number of ether oxygens (including phenoxy) is 2. The second kappa shape index (κ2) is 12.2. The van der Waals surface area contributed by atoms with E-state index in [0.717, 1.165) is 64.5 Å². The van der Waals surface area contributed by atoms with Crippen LogP contribution in [0.4, 0.5) is 0 Å². The van der Waals surface area contributed by atoms with Gasteiger partial charge in [-0.2, -0.15) is 0 Å². The minimum absolute atomic E-state index is 0. The van der Waals surface area contributed by atoms with Gasteiger partial charge in [-0.15, -0.1) is 24.0 Å². The summed E-state index contributed by atoms with van der Waals surface area (Å²) >= 11 is 0. The number of piperidine rings is 1. The summed E-state index contributed by atoms with van der Waals surface area (Å²) in [5.41, 5.74) is 1.61. The maximum absolute atomic E-state index is 6.11. The molecule has 150 valence electrons. The van der Waals surface area contributed by atoms with Crippen molar-refractivity contribution in [1.29, 1.82) is 0 Å². The fourth-order valence-electron chi connectivity index (χ4n) is 4.05. The topological polar surface area (TPSA) is 46.1 Å². The number of hydrogen-bond donors (Lipinski definition) is 1. The van der Waals surface area contributed by atoms with Gasteiger partial charge in [0.15, 0.2) is 5.96 Å². The Morgan fingerprint density at radius 3 is 2.77 bits per heavy atom. The molecule has 0 aromatic carbocycles. The summed E-state index contributed by atoms with van der Waals surface area (Å²) < 4.78 is 11.9. The fraction of sp³-hybridized carbons (Fsp3) is 0.850. The number of hydrogen-bond acceptors (Lipinski definition) is 3. The van der Waals surface area contributed by atoms with Gasteiger partial charge in [-0.1, -0.05) is 11.6 Å². The highest BCUT2D eigenvalue weighted by Gasteiger charge is 2.23. The second-order valence-corrected chi connectivity index (χ2v) is 7.49. The van der Waals surface area contributed by atoms with E-state index in [1.165, 1.54) is 32.1 Å². The first-order valence-electron chi connectivity index (χ1n) is 10.2. The van der Waals surface area contributed by atoms with Gasteiger partial charge in [0.05, 0.1) is 18.8 Å². The first-order chi connectivity index (χ1) is 12.3. The SMILES string of the molecule is CN=C(NCCC1=CCCC1)N1CCC(OCC2CCCCO2)CC1.I. The molecule has 0 bridgehead atoms. The van der Waals surface area contributed by atoms with Gasteiger partial charge in [-0.3, -0.25) is 4.99 Å². The largest absolute Gasteiger partial charge is 0.376 e. The number of halogens is 1. The standard InChI is InChI=1S/C20H35N3O2.HI/c1-21-20(22-12-9-17-6-2-3-7-17)23-13-10-18(11-14-23)25-16-19-8-4-5-15-24-19;/h6,18-19H,2-5,7-16H2,1H3,(H,21,22);1H. The Bertz CT molecular complexity index is 456. The first kappa shape index (κ1) is 22.0. The van der Waals surface area contributed by atoms with E-state index >= 15 is 0 Å². The van der Waals surface area contributed by atoms with Crippen molar-refractivity contribution in [2.24, 2.45) is 4.99 Å². The minimum atomic E-state index is 0. The molecule has 3 rings (SSSR count). The van der Waals surface area contributed by atoms with Gasteiger partial charge in [-0.25, -0.2) is 0 Å². The van der Waals surface area contributed by atoms with E-state index in [9.17, 15) is 0 Å². The molecule has 2 heterocycles. The molecule has 5 nitrogen and oxygen atoms in total. The van der Waals surface area contributed by atoms with E-state index in [-0.39, 0.29) is 24.0 Å². The maximum Gasteiger partial charge on any atom is 0.193 e. The van der Waals surface area contributed by atoms with E-state index < -0.39 is 0 Å². The Labute approximate surface area is 176 Å². The normalized spacial score (nSPS) is 25.0. The van der Waals surface area contributed by atoms with Crippen molar-refractivity contribution < 1.29 is 9.47 Å². The van der Waals surface area contributed by atoms with Gasteiger partial charge in [0.1, 0.15) is 0 Å². The highest BCUT2D eigenvalue weighted by atomic mass is 127. The average Bonchev–Trinajstić information content (AvgIpc) is 3.18. The average molecular weight is 477 g/mol. The van der Waals surface area contributed by atoms with Crippen molar-refractivity contribution in [2.75, 3.05) is 39.9 Å². The molecular weight excluding hydrogens is 441 g/mol. The third-order valence-corrected chi connectivity index (χ3v) is 5.61. The molecule has 0 saturated carbocycles. The van der Waals surface area contributed by atoms with Crippen LogP contribution < -0.4 is 5.32 Å². The fourth-order valence-corrected chi connectivity index (χ4v) is 4.05. The Kier molecular flexibility index (Phi) is 10.3. The molecule has 2 fully saturated rings. The Hall–Kier alpha value is -0.340. The molecule has 0 aromatic heterocycles. The summed E-state index contributed by atoms with van der Waals surface area (Å²) in [6, 6.07) is 0. The summed E-state index contributed by atoms with van der Waals surface area (Å²) in [6.45, 7) is 4.73. The van der Waals surface area contributed by atoms with Crippen molar-refractivity contribution in [3.05, 3.63) is 11.6 Å². The number of allylic oxidation sites excluding steroid dienone is 1. The zero-order valence-electron chi connectivity index (χ0n) is 16.3. The molecule has 3 aliphatic rings. The smallest absolute Gasteiger partial charge is 0.193 e. The summed E-state index contributed by atoms with van der Waals surface area (Å²) in [4.78, 5) is 6.85. The van der Waals surface area contributed by atoms with Crippen molar-refractivity contribution in [3.63, 3.8) is 0 Å². The zero-order valence-corrected chi connectivity index (χ0v) is 18.6. The van der Waals surface area contributed by atoms with E-state index in [1.54, 1.807) is 5.57 Å². The van der Waals surface area contributed by atoms with E-state index in [0.29, 0.717) is 12.2 Å². The summed E-state index contributed by atoms with van der Waals surface area (Å²) in [5.74, 6) is 1.05. The number of guanidine groups is 1. The van der Waals surface area contributed by atoms with Gasteiger partial charge in [0.25, 0.3) is 0 Å². The predicted octanol–water partition coefficient (Wildman–Crippen LogP) is 3.73. The van der Waals surface area contributed by atoms with Crippen LogP contribution in [0, 0.1) is 0 Å². The van der Waals surface area contributed by atoms with Gasteiger partial charge in [-0.05, 0) is 57.8 Å². The van der Waals surface area contributed by atoms with Gasteiger partial charge in [0, 0.05) is 33.3 Å². The minimum Gasteiger partial charge on any atom is -0.376 e. The quantitative estimate of drug-likeness (QED) is 0.274. The molecule has 26 heavy (non-hydrogen) atoms. The molecule has 0 aromatic rings. The van der Waals surface area contributed by atoms with Crippen molar-refractivity contribution in [3.8, 4) is 0 Å². The molecule has 1 atom stereocenters. The van der Waals surface area contributed by atoms with Crippen LogP contribution >= 0.6 is 24.0 Å². The number of nitrogens with zero attached hydrogens (tertiary/aromatic N) is 2. The second-order valence-electron chi connectivity index (χ2n) is 7.49. The van der Waals surface area contributed by atoms with Crippen molar-refractivity contribution >= 4 is 29.9 Å². The van der Waals surface area contributed by atoms with E-state index in [4.69, 9.17) is 9.47 Å². The van der Waals surface area contributed by atoms with E-state index in [1.807, 2.05) is 7.05 Å². The molecule has 6 heteroatoms. The molecule has 1 unspecified atom stereocenters. The highest BCUT2D eigenvalue weighted by Crippen LogP contribution is 2.20. The Balaban J connectivity index is 0.00000243. The van der Waals surface area contributed by atoms with Gasteiger partial charge >= 0.3 is 0 Å². The molecule has 1 aliphatic carbocycles. The maximum atomic E-state index is 6.11. The van der Waals surface area contributed by atoms with Crippen LogP contribution in [0.3, 0.4) is 0 Å². The van der Waals surface area contributed by atoms with Crippen LogP contribution in [0.25, 0.3) is 0 Å². The van der Waals surface area contributed by atoms with Crippen LogP contribution in [0.5, 0.6) is 0 Å².